The Labute approximate surface area is 278 Å². The number of nitrogens with zero attached hydrogens (tertiary/aromatic N) is 4. The molecule has 0 saturated heterocycles. The van der Waals surface area contributed by atoms with E-state index in [4.69, 9.17) is 24.7 Å². The summed E-state index contributed by atoms with van der Waals surface area (Å²) in [7, 11) is 0. The van der Waals surface area contributed by atoms with E-state index in [1.54, 1.807) is 0 Å². The lowest BCUT2D eigenvalue weighted by molar-refractivity contribution is 0.430. The van der Waals surface area contributed by atoms with Gasteiger partial charge in [0.2, 0.25) is 0 Å². The summed E-state index contributed by atoms with van der Waals surface area (Å²) in [6.07, 6.45) is 3.70. The predicted molar refractivity (Wildman–Crippen MR) is 190 cm³/mol. The number of pyridine rings is 2. The van der Waals surface area contributed by atoms with Crippen molar-refractivity contribution in [1.29, 1.82) is 0 Å². The number of hydrogen-bond donors (Lipinski definition) is 0. The molecule has 5 aromatic carbocycles. The molecule has 1 aliphatic rings. The van der Waals surface area contributed by atoms with Crippen molar-refractivity contribution < 1.29 is 4.74 Å². The standard InChI is InChI=1S/C43H28N4O/c1-2-12-31(13-3-1)42-46-36-16-6-4-14-33(36)41(47-42)30-22-20-29(21-23-30)32-24-25-38-35(28-32)43(39-18-8-10-26-44-39,40-19-9-11-27-45-40)34-15-5-7-17-37(34)48-38/h1-28H. The Bertz CT molecular complexity index is 2370. The van der Waals surface area contributed by atoms with E-state index in [2.05, 4.69) is 72.8 Å². The van der Waals surface area contributed by atoms with E-state index in [1.165, 1.54) is 0 Å². The Morgan fingerprint density at radius 2 is 1.06 bits per heavy atom. The molecule has 3 aromatic heterocycles. The average molecular weight is 617 g/mol. The molecule has 0 radical (unpaired) electrons. The van der Waals surface area contributed by atoms with Crippen LogP contribution >= 0.6 is 0 Å². The van der Waals surface area contributed by atoms with Crippen LogP contribution in [-0.2, 0) is 5.41 Å². The second-order valence-electron chi connectivity index (χ2n) is 11.8. The summed E-state index contributed by atoms with van der Waals surface area (Å²) >= 11 is 0. The van der Waals surface area contributed by atoms with Crippen LogP contribution in [0.4, 0.5) is 0 Å². The van der Waals surface area contributed by atoms with Crippen LogP contribution in [0.3, 0.4) is 0 Å². The number of ether oxygens (including phenoxy) is 1. The van der Waals surface area contributed by atoms with Crippen LogP contribution in [0.15, 0.2) is 170 Å². The van der Waals surface area contributed by atoms with Gasteiger partial charge in [0, 0.05) is 40.0 Å². The van der Waals surface area contributed by atoms with Crippen molar-refractivity contribution >= 4 is 10.9 Å². The molecular formula is C43H28N4O. The molecule has 4 heterocycles. The number of para-hydroxylation sites is 2. The minimum atomic E-state index is -0.781. The Morgan fingerprint density at radius 1 is 0.438 bits per heavy atom. The lowest BCUT2D eigenvalue weighted by Gasteiger charge is -2.39. The largest absolute Gasteiger partial charge is 0.457 e. The van der Waals surface area contributed by atoms with Crippen LogP contribution in [0.1, 0.15) is 22.5 Å². The van der Waals surface area contributed by atoms with Crippen LogP contribution in [0.2, 0.25) is 0 Å². The van der Waals surface area contributed by atoms with Gasteiger partial charge in [0.25, 0.3) is 0 Å². The molecule has 0 atom stereocenters. The first-order chi connectivity index (χ1) is 23.8. The minimum absolute atomic E-state index is 0.712. The summed E-state index contributed by atoms with van der Waals surface area (Å²) in [4.78, 5) is 19.8. The molecular weight excluding hydrogens is 589 g/mol. The van der Waals surface area contributed by atoms with E-state index in [-0.39, 0.29) is 0 Å². The van der Waals surface area contributed by atoms with Gasteiger partial charge in [-0.3, -0.25) is 9.97 Å². The van der Waals surface area contributed by atoms with Crippen molar-refractivity contribution in [3.05, 3.63) is 193 Å². The zero-order chi connectivity index (χ0) is 31.9. The lowest BCUT2D eigenvalue weighted by atomic mass is 9.67. The highest BCUT2D eigenvalue weighted by molar-refractivity contribution is 5.94. The monoisotopic (exact) mass is 616 g/mol. The molecule has 0 fully saturated rings. The maximum Gasteiger partial charge on any atom is 0.160 e. The maximum atomic E-state index is 6.56. The maximum absolute atomic E-state index is 6.56. The van der Waals surface area contributed by atoms with Crippen LogP contribution in [0.25, 0.3) is 44.7 Å². The van der Waals surface area contributed by atoms with Gasteiger partial charge in [-0.25, -0.2) is 9.97 Å². The molecule has 226 valence electrons. The van der Waals surface area contributed by atoms with Gasteiger partial charge in [-0.05, 0) is 59.7 Å². The number of hydrogen-bond acceptors (Lipinski definition) is 5. The summed E-state index contributed by atoms with van der Waals surface area (Å²) in [5, 5.41) is 1.02. The molecule has 0 saturated carbocycles. The first-order valence-corrected chi connectivity index (χ1v) is 16.0. The zero-order valence-corrected chi connectivity index (χ0v) is 25.9. The SMILES string of the molecule is c1ccc(-c2nc(-c3ccc(-c4ccc5c(c4)C(c4ccccn4)(c4ccccn4)c4ccccc4O5)cc3)c3ccccc3n2)cc1. The number of aromatic nitrogens is 4. The third-order valence-corrected chi connectivity index (χ3v) is 9.12. The highest BCUT2D eigenvalue weighted by atomic mass is 16.5. The Kier molecular flexibility index (Phi) is 6.61. The van der Waals surface area contributed by atoms with Crippen molar-refractivity contribution in [2.45, 2.75) is 5.41 Å². The molecule has 1 aliphatic heterocycles. The third kappa shape index (κ3) is 4.48. The van der Waals surface area contributed by atoms with Gasteiger partial charge in [0.05, 0.1) is 22.6 Å². The predicted octanol–water partition coefficient (Wildman–Crippen LogP) is 9.91. The molecule has 0 unspecified atom stereocenters. The molecule has 48 heavy (non-hydrogen) atoms. The van der Waals surface area contributed by atoms with E-state index in [9.17, 15) is 0 Å². The number of benzene rings is 5. The Hall–Kier alpha value is -6.46. The van der Waals surface area contributed by atoms with Gasteiger partial charge in [0.1, 0.15) is 16.9 Å². The van der Waals surface area contributed by atoms with Crippen molar-refractivity contribution in [2.24, 2.45) is 0 Å². The molecule has 5 heteroatoms. The number of fused-ring (bicyclic) bond motifs is 3. The highest BCUT2D eigenvalue weighted by Crippen LogP contribution is 2.54. The number of rotatable bonds is 5. The Balaban J connectivity index is 1.20. The molecule has 0 spiro atoms. The molecule has 9 rings (SSSR count). The first kappa shape index (κ1) is 27.8. The summed E-state index contributed by atoms with van der Waals surface area (Å²) in [6, 6.07) is 53.7. The van der Waals surface area contributed by atoms with Crippen molar-refractivity contribution in [3.63, 3.8) is 0 Å². The van der Waals surface area contributed by atoms with E-state index in [1.807, 2.05) is 97.3 Å². The second kappa shape index (κ2) is 11.4. The summed E-state index contributed by atoms with van der Waals surface area (Å²) < 4.78 is 6.56. The van der Waals surface area contributed by atoms with Gasteiger partial charge in [-0.1, -0.05) is 109 Å². The van der Waals surface area contributed by atoms with E-state index in [0.29, 0.717) is 5.82 Å². The molecule has 5 nitrogen and oxygen atoms in total. The van der Waals surface area contributed by atoms with Gasteiger partial charge < -0.3 is 4.74 Å². The van der Waals surface area contributed by atoms with Crippen LogP contribution in [-0.4, -0.2) is 19.9 Å². The second-order valence-corrected chi connectivity index (χ2v) is 11.8. The summed E-state index contributed by atoms with van der Waals surface area (Å²) in [6.45, 7) is 0. The van der Waals surface area contributed by atoms with Crippen LogP contribution < -0.4 is 4.74 Å². The lowest BCUT2D eigenvalue weighted by Crippen LogP contribution is -2.36. The smallest absolute Gasteiger partial charge is 0.160 e. The zero-order valence-electron chi connectivity index (χ0n) is 25.9. The van der Waals surface area contributed by atoms with E-state index in [0.717, 1.165) is 72.9 Å². The normalized spacial score (nSPS) is 12.9. The summed E-state index contributed by atoms with van der Waals surface area (Å²) in [5.74, 6) is 2.29. The fourth-order valence-corrected chi connectivity index (χ4v) is 6.91. The highest BCUT2D eigenvalue weighted by Gasteiger charge is 2.47. The fraction of sp³-hybridized carbons (Fsp3) is 0.0233. The van der Waals surface area contributed by atoms with Crippen molar-refractivity contribution in [3.8, 4) is 45.3 Å². The molecule has 0 aliphatic carbocycles. The van der Waals surface area contributed by atoms with Crippen molar-refractivity contribution in [1.82, 2.24) is 19.9 Å². The quantitative estimate of drug-likeness (QED) is 0.193. The van der Waals surface area contributed by atoms with Gasteiger partial charge in [0.15, 0.2) is 5.82 Å². The van der Waals surface area contributed by atoms with E-state index >= 15 is 0 Å². The average Bonchev–Trinajstić information content (AvgIpc) is 3.17. The molecule has 0 N–H and O–H groups in total. The van der Waals surface area contributed by atoms with Gasteiger partial charge in [-0.15, -0.1) is 0 Å². The summed E-state index contributed by atoms with van der Waals surface area (Å²) in [5.41, 5.74) is 8.99. The molecule has 0 bridgehead atoms. The Morgan fingerprint density at radius 3 is 1.81 bits per heavy atom. The topological polar surface area (TPSA) is 60.8 Å². The fourth-order valence-electron chi connectivity index (χ4n) is 6.91. The van der Waals surface area contributed by atoms with Crippen LogP contribution in [0.5, 0.6) is 11.5 Å². The first-order valence-electron chi connectivity index (χ1n) is 16.0. The van der Waals surface area contributed by atoms with Crippen LogP contribution in [0, 0.1) is 0 Å². The molecule has 0 amide bonds. The van der Waals surface area contributed by atoms with E-state index < -0.39 is 5.41 Å². The van der Waals surface area contributed by atoms with Gasteiger partial charge >= 0.3 is 0 Å². The minimum Gasteiger partial charge on any atom is -0.457 e. The van der Waals surface area contributed by atoms with Gasteiger partial charge in [-0.2, -0.15) is 0 Å². The molecule has 8 aromatic rings. The third-order valence-electron chi connectivity index (χ3n) is 9.12. The van der Waals surface area contributed by atoms with Crippen molar-refractivity contribution in [2.75, 3.05) is 0 Å².